The van der Waals surface area contributed by atoms with E-state index in [1.807, 2.05) is 0 Å². The maximum absolute atomic E-state index is 6.05. The van der Waals surface area contributed by atoms with Gasteiger partial charge in [0, 0.05) is 12.6 Å². The number of hydrogen-bond acceptors (Lipinski definition) is 2. The fourth-order valence-corrected chi connectivity index (χ4v) is 3.08. The molecule has 18 heavy (non-hydrogen) atoms. The topological polar surface area (TPSA) is 29.3 Å². The fourth-order valence-electron chi connectivity index (χ4n) is 3.08. The van der Waals surface area contributed by atoms with Gasteiger partial charge >= 0.3 is 0 Å². The molecule has 0 aromatic heterocycles. The highest BCUT2D eigenvalue weighted by Gasteiger charge is 2.21. The monoisotopic (exact) mass is 246 g/mol. The van der Waals surface area contributed by atoms with Crippen molar-refractivity contribution in [3.05, 3.63) is 34.9 Å². The zero-order valence-corrected chi connectivity index (χ0v) is 11.8. The molecule has 100 valence electrons. The van der Waals surface area contributed by atoms with Crippen molar-refractivity contribution in [3.8, 4) is 0 Å². The molecule has 1 heterocycles. The van der Waals surface area contributed by atoms with Crippen LogP contribution in [0.15, 0.2) is 18.2 Å². The van der Waals surface area contributed by atoms with Crippen molar-refractivity contribution in [2.75, 3.05) is 19.6 Å². The Morgan fingerprint density at radius 3 is 2.33 bits per heavy atom. The van der Waals surface area contributed by atoms with Crippen molar-refractivity contribution in [3.63, 3.8) is 0 Å². The van der Waals surface area contributed by atoms with E-state index in [9.17, 15) is 0 Å². The number of nitrogens with two attached hydrogens (primary N) is 1. The van der Waals surface area contributed by atoms with Gasteiger partial charge in [-0.25, -0.2) is 0 Å². The van der Waals surface area contributed by atoms with Crippen molar-refractivity contribution in [2.45, 2.75) is 45.6 Å². The lowest BCUT2D eigenvalue weighted by Gasteiger charge is -2.31. The van der Waals surface area contributed by atoms with Crippen LogP contribution in [-0.2, 0) is 0 Å². The molecule has 2 N–H and O–H groups in total. The highest BCUT2D eigenvalue weighted by molar-refractivity contribution is 5.33. The highest BCUT2D eigenvalue weighted by atomic mass is 15.2. The lowest BCUT2D eigenvalue weighted by Crippen LogP contribution is -2.35. The van der Waals surface area contributed by atoms with E-state index in [1.165, 1.54) is 55.5 Å². The zero-order chi connectivity index (χ0) is 13.0. The summed E-state index contributed by atoms with van der Waals surface area (Å²) in [5.74, 6) is 0. The Morgan fingerprint density at radius 1 is 1.11 bits per heavy atom. The Kier molecular flexibility index (Phi) is 4.79. The molecule has 1 saturated heterocycles. The standard InChI is InChI=1S/C16H26N2/c1-13-7-8-15(14(2)11-13)16(12-17)18-9-5-3-4-6-10-18/h7-8,11,16H,3-6,9-10,12,17H2,1-2H3. The molecule has 1 fully saturated rings. The van der Waals surface area contributed by atoms with E-state index in [-0.39, 0.29) is 0 Å². The van der Waals surface area contributed by atoms with E-state index in [1.54, 1.807) is 0 Å². The molecule has 2 rings (SSSR count). The first-order chi connectivity index (χ1) is 8.72. The Labute approximate surface area is 111 Å². The van der Waals surface area contributed by atoms with Crippen LogP contribution in [0, 0.1) is 13.8 Å². The van der Waals surface area contributed by atoms with E-state index in [2.05, 4.69) is 36.9 Å². The first-order valence-corrected chi connectivity index (χ1v) is 7.23. The normalized spacial score (nSPS) is 19.5. The Hall–Kier alpha value is -0.860. The third kappa shape index (κ3) is 3.12. The van der Waals surface area contributed by atoms with Crippen LogP contribution in [0.2, 0.25) is 0 Å². The van der Waals surface area contributed by atoms with E-state index < -0.39 is 0 Å². The van der Waals surface area contributed by atoms with Crippen LogP contribution in [0.1, 0.15) is 48.4 Å². The molecule has 0 amide bonds. The van der Waals surface area contributed by atoms with Gasteiger partial charge in [0.1, 0.15) is 0 Å². The van der Waals surface area contributed by atoms with Gasteiger partial charge in [0.25, 0.3) is 0 Å². The minimum Gasteiger partial charge on any atom is -0.329 e. The molecule has 0 spiro atoms. The maximum atomic E-state index is 6.05. The summed E-state index contributed by atoms with van der Waals surface area (Å²) in [6.45, 7) is 7.50. The predicted octanol–water partition coefficient (Wildman–Crippen LogP) is 3.18. The molecule has 1 aliphatic heterocycles. The predicted molar refractivity (Wildman–Crippen MR) is 77.8 cm³/mol. The third-order valence-electron chi connectivity index (χ3n) is 4.09. The van der Waals surface area contributed by atoms with Gasteiger partial charge in [0.05, 0.1) is 0 Å². The van der Waals surface area contributed by atoms with E-state index in [4.69, 9.17) is 5.73 Å². The molecule has 1 aromatic carbocycles. The van der Waals surface area contributed by atoms with Gasteiger partial charge in [-0.05, 0) is 50.9 Å². The molecule has 0 saturated carbocycles. The quantitative estimate of drug-likeness (QED) is 0.887. The van der Waals surface area contributed by atoms with Crippen molar-refractivity contribution < 1.29 is 0 Å². The SMILES string of the molecule is Cc1ccc(C(CN)N2CCCCCC2)c(C)c1. The van der Waals surface area contributed by atoms with Crippen molar-refractivity contribution in [2.24, 2.45) is 5.73 Å². The Bertz CT molecular complexity index is 379. The van der Waals surface area contributed by atoms with E-state index in [0.29, 0.717) is 6.04 Å². The molecule has 1 aliphatic rings. The molecule has 0 aliphatic carbocycles. The summed E-state index contributed by atoms with van der Waals surface area (Å²) in [5, 5.41) is 0. The lowest BCUT2D eigenvalue weighted by atomic mass is 9.98. The summed E-state index contributed by atoms with van der Waals surface area (Å²) in [6.07, 6.45) is 5.39. The summed E-state index contributed by atoms with van der Waals surface area (Å²) in [6, 6.07) is 7.16. The second kappa shape index (κ2) is 6.35. The fraction of sp³-hybridized carbons (Fsp3) is 0.625. The van der Waals surface area contributed by atoms with Crippen LogP contribution < -0.4 is 5.73 Å². The van der Waals surface area contributed by atoms with Crippen molar-refractivity contribution in [1.82, 2.24) is 4.90 Å². The number of hydrogen-bond donors (Lipinski definition) is 1. The largest absolute Gasteiger partial charge is 0.329 e. The van der Waals surface area contributed by atoms with Crippen LogP contribution in [0.5, 0.6) is 0 Å². The summed E-state index contributed by atoms with van der Waals surface area (Å²) >= 11 is 0. The Balaban J connectivity index is 2.20. The highest BCUT2D eigenvalue weighted by Crippen LogP contribution is 2.26. The van der Waals surface area contributed by atoms with E-state index >= 15 is 0 Å². The third-order valence-corrected chi connectivity index (χ3v) is 4.09. The van der Waals surface area contributed by atoms with Gasteiger partial charge in [-0.2, -0.15) is 0 Å². The first-order valence-electron chi connectivity index (χ1n) is 7.23. The van der Waals surface area contributed by atoms with Crippen molar-refractivity contribution in [1.29, 1.82) is 0 Å². The molecule has 1 atom stereocenters. The van der Waals surface area contributed by atoms with Gasteiger partial charge in [0.15, 0.2) is 0 Å². The molecule has 1 aromatic rings. The van der Waals surface area contributed by atoms with Crippen LogP contribution in [0.25, 0.3) is 0 Å². The lowest BCUT2D eigenvalue weighted by molar-refractivity contribution is 0.209. The summed E-state index contributed by atoms with van der Waals surface area (Å²) in [4.78, 5) is 2.59. The van der Waals surface area contributed by atoms with E-state index in [0.717, 1.165) is 6.54 Å². The van der Waals surface area contributed by atoms with Gasteiger partial charge in [0.2, 0.25) is 0 Å². The van der Waals surface area contributed by atoms with Crippen molar-refractivity contribution >= 4 is 0 Å². The molecular weight excluding hydrogens is 220 g/mol. The van der Waals surface area contributed by atoms with Gasteiger partial charge in [-0.1, -0.05) is 36.6 Å². The maximum Gasteiger partial charge on any atom is 0.0473 e. The Morgan fingerprint density at radius 2 is 1.78 bits per heavy atom. The number of nitrogens with zero attached hydrogens (tertiary/aromatic N) is 1. The number of rotatable bonds is 3. The summed E-state index contributed by atoms with van der Waals surface area (Å²) in [7, 11) is 0. The summed E-state index contributed by atoms with van der Waals surface area (Å²) < 4.78 is 0. The van der Waals surface area contributed by atoms with Crippen LogP contribution in [-0.4, -0.2) is 24.5 Å². The average molecular weight is 246 g/mol. The van der Waals surface area contributed by atoms with Gasteiger partial charge in [-0.3, -0.25) is 4.90 Å². The van der Waals surface area contributed by atoms with Crippen LogP contribution in [0.4, 0.5) is 0 Å². The minimum atomic E-state index is 0.406. The van der Waals surface area contributed by atoms with Gasteiger partial charge < -0.3 is 5.73 Å². The second-order valence-electron chi connectivity index (χ2n) is 5.56. The molecule has 0 radical (unpaired) electrons. The first kappa shape index (κ1) is 13.6. The average Bonchev–Trinajstić information content (AvgIpc) is 2.62. The number of benzene rings is 1. The summed E-state index contributed by atoms with van der Waals surface area (Å²) in [5.41, 5.74) is 10.2. The van der Waals surface area contributed by atoms with Crippen LogP contribution in [0.3, 0.4) is 0 Å². The smallest absolute Gasteiger partial charge is 0.0473 e. The molecule has 2 heteroatoms. The molecule has 1 unspecified atom stereocenters. The number of aryl methyl sites for hydroxylation is 2. The minimum absolute atomic E-state index is 0.406. The van der Waals surface area contributed by atoms with Gasteiger partial charge in [-0.15, -0.1) is 0 Å². The zero-order valence-electron chi connectivity index (χ0n) is 11.8. The molecular formula is C16H26N2. The molecule has 0 bridgehead atoms. The second-order valence-corrected chi connectivity index (χ2v) is 5.56. The number of likely N-dealkylation sites (tertiary alicyclic amines) is 1. The van der Waals surface area contributed by atoms with Crippen LogP contribution >= 0.6 is 0 Å². The molecule has 2 nitrogen and oxygen atoms in total.